The fraction of sp³-hybridized carbons (Fsp3) is 0.479. The van der Waals surface area contributed by atoms with Crippen LogP contribution in [0.25, 0.3) is 10.8 Å². The molecular formula is C94H128Cl3N10O11+. The molecular weight excluding hydrogens is 1550 g/mol. The number of hydrogen-bond acceptors (Lipinski definition) is 12. The normalized spacial score (nSPS) is 19.7. The van der Waals surface area contributed by atoms with Gasteiger partial charge in [-0.05, 0) is 174 Å². The number of amides is 5. The van der Waals surface area contributed by atoms with E-state index in [-0.39, 0.29) is 89.9 Å². The monoisotopic (exact) mass is 1680 g/mol. The molecule has 14 N–H and O–H groups in total. The number of hydrogen-bond donors (Lipinski definition) is 9. The van der Waals surface area contributed by atoms with Crippen LogP contribution in [0.3, 0.4) is 0 Å². The average Bonchev–Trinajstić information content (AvgIpc) is 0.767. The van der Waals surface area contributed by atoms with Crippen molar-refractivity contribution in [2.45, 2.75) is 185 Å². The second kappa shape index (κ2) is 51.1. The van der Waals surface area contributed by atoms with Gasteiger partial charge in [0, 0.05) is 93.8 Å². The molecule has 6 aliphatic heterocycles. The van der Waals surface area contributed by atoms with E-state index in [0.29, 0.717) is 37.8 Å². The summed E-state index contributed by atoms with van der Waals surface area (Å²) in [6, 6.07) is 55.4. The number of nitrogens with one attached hydrogen (secondary N) is 5. The minimum Gasteiger partial charge on any atom is -0.497 e. The second-order valence-electron chi connectivity index (χ2n) is 31.5. The van der Waals surface area contributed by atoms with Crippen LogP contribution in [0, 0.1) is 25.2 Å². The Morgan fingerprint density at radius 2 is 0.983 bits per heavy atom. The van der Waals surface area contributed by atoms with Crippen LogP contribution in [0.1, 0.15) is 214 Å². The number of halogens is 3. The highest BCUT2D eigenvalue weighted by Gasteiger charge is 2.40. The smallest absolute Gasteiger partial charge is 0.310 e. The van der Waals surface area contributed by atoms with Crippen molar-refractivity contribution in [1.82, 2.24) is 36.4 Å². The van der Waals surface area contributed by atoms with Crippen LogP contribution in [0.15, 0.2) is 158 Å². The van der Waals surface area contributed by atoms with Crippen LogP contribution >= 0.6 is 34.8 Å². The van der Waals surface area contributed by atoms with Gasteiger partial charge in [0.1, 0.15) is 17.8 Å². The summed E-state index contributed by atoms with van der Waals surface area (Å²) in [6.45, 7) is 13.7. The third-order valence-corrected chi connectivity index (χ3v) is 24.4. The Hall–Kier alpha value is -8.61. The molecule has 0 spiro atoms. The summed E-state index contributed by atoms with van der Waals surface area (Å²) in [5, 5.41) is 30.9. The highest BCUT2D eigenvalue weighted by Crippen LogP contribution is 2.36. The summed E-state index contributed by atoms with van der Waals surface area (Å²) < 4.78 is 5.14. The van der Waals surface area contributed by atoms with Crippen LogP contribution in [-0.4, -0.2) is 151 Å². The number of nitrogens with two attached hydrogens (primary N) is 3. The number of carbonyl (C=O) groups is 8. The number of carbonyl (C=O) groups excluding carboxylic acids is 7. The number of aliphatic carboxylic acids is 1. The average molecular weight is 1680 g/mol. The first-order chi connectivity index (χ1) is 56.2. The fourth-order valence-electron chi connectivity index (χ4n) is 17.1. The Morgan fingerprint density at radius 1 is 0.551 bits per heavy atom. The van der Waals surface area contributed by atoms with E-state index in [2.05, 4.69) is 152 Å². The van der Waals surface area contributed by atoms with E-state index < -0.39 is 17.1 Å². The van der Waals surface area contributed by atoms with E-state index in [4.69, 9.17) is 50.4 Å². The third-order valence-electron chi connectivity index (χ3n) is 23.6. The first-order valence-corrected chi connectivity index (χ1v) is 43.3. The zero-order valence-corrected chi connectivity index (χ0v) is 72.0. The fourth-order valence-corrected chi connectivity index (χ4v) is 17.3. The van der Waals surface area contributed by atoms with E-state index in [1.165, 1.54) is 101 Å². The van der Waals surface area contributed by atoms with Gasteiger partial charge < -0.3 is 75.5 Å². The molecule has 6 heterocycles. The number of methoxy groups -OCH3 is 1. The molecule has 7 aromatic rings. The Kier molecular flexibility index (Phi) is 41.8. The third kappa shape index (κ3) is 29.7. The second-order valence-corrected chi connectivity index (χ2v) is 32.6. The van der Waals surface area contributed by atoms with Crippen molar-refractivity contribution in [2.75, 3.05) is 85.0 Å². The predicted octanol–water partition coefficient (Wildman–Crippen LogP) is 11.9. The number of piperazine rings is 1. The predicted molar refractivity (Wildman–Crippen MR) is 470 cm³/mol. The molecule has 4 fully saturated rings. The molecule has 7 aromatic carbocycles. The van der Waals surface area contributed by atoms with Gasteiger partial charge in [-0.25, -0.2) is 0 Å². The lowest BCUT2D eigenvalue weighted by molar-refractivity contribution is -0.697. The van der Waals surface area contributed by atoms with E-state index in [1.54, 1.807) is 27.9 Å². The molecule has 0 unspecified atom stereocenters. The molecule has 640 valence electrons. The number of quaternary nitrogens is 2. The van der Waals surface area contributed by atoms with Crippen LogP contribution in [0.4, 0.5) is 0 Å². The molecule has 0 aromatic heterocycles. The van der Waals surface area contributed by atoms with Crippen molar-refractivity contribution in [1.29, 1.82) is 0 Å². The molecule has 1 saturated heterocycles. The standard InChI is InChI=1S/C19H24N2O2.C17H24N2O.C14H14O3.2C12H16N2O.C10H14N2.C7H11ClO.C2H2Cl2O.CH3.H2O/c22-18-13-20(19(23)15-7-2-1-3-8-15)12-17-16-9-5-4-6-14(16)10-11-21(17)18;20-17(14-7-2-1-3-8-14)19-12-16-15-9-5-4-6-13(15)10-11-18-16;1-9(14(15)16)10-3-4-12-8-13(17-2)6-5-11(12)7-10;2*1-9(15)14-8-12-11-5-3-2-4-10(11)6-7-13-12;11-7-10-9-4-2-1-3-8(9)5-6-12-10;8-7(9)6-4-2-1-3-5-6;3-1-2(4)5;;/h4-6,9,15,17H,1-3,7-8,10-13H2;4-6,9,14,16,18H,1-3,7-8,10-12H2,(H,19,20);3-9H,1-2H3,(H,15,16);2*2-5,12-13H,6-8H2,1H3,(H,14,15);1-4,10,12H,5-7,11H2;6H,1-5H2;1H2;1H3;1H2/q;;;;;;;;-1;/p+2/t17-;16-;9-;2*12-;10-;;;;/m000000..../s1. The van der Waals surface area contributed by atoms with E-state index in [0.717, 1.165) is 151 Å². The molecule has 9 aliphatic rings. The summed E-state index contributed by atoms with van der Waals surface area (Å²) in [5.74, 6) is 0.663. The highest BCUT2D eigenvalue weighted by molar-refractivity contribution is 6.67. The number of rotatable bonds is 14. The van der Waals surface area contributed by atoms with Gasteiger partial charge in [0.05, 0.1) is 57.7 Å². The molecule has 0 radical (unpaired) electrons. The van der Waals surface area contributed by atoms with Gasteiger partial charge in [0.15, 0.2) is 0 Å². The zero-order valence-electron chi connectivity index (χ0n) is 69.7. The maximum absolute atomic E-state index is 12.8. The van der Waals surface area contributed by atoms with Crippen LogP contribution < -0.4 is 47.7 Å². The number of carboxylic acids is 1. The van der Waals surface area contributed by atoms with Crippen LogP contribution in [-0.2, 0) is 70.5 Å². The molecule has 3 aliphatic carbocycles. The number of nitrogens with zero attached hydrogens (tertiary/aromatic N) is 2. The number of alkyl halides is 1. The van der Waals surface area contributed by atoms with Gasteiger partial charge in [-0.15, -0.1) is 11.6 Å². The molecule has 0 bridgehead atoms. The van der Waals surface area contributed by atoms with Crippen molar-refractivity contribution in [3.8, 4) is 5.75 Å². The summed E-state index contributed by atoms with van der Waals surface area (Å²) in [6.07, 6.45) is 22.5. The Labute approximate surface area is 713 Å². The number of fused-ring (bicyclic) bond motifs is 8. The number of benzene rings is 7. The van der Waals surface area contributed by atoms with Crippen LogP contribution in [0.2, 0.25) is 0 Å². The largest absolute Gasteiger partial charge is 0.497 e. The topological polar surface area (TPSA) is 323 Å². The van der Waals surface area contributed by atoms with Crippen molar-refractivity contribution in [2.24, 2.45) is 23.5 Å². The summed E-state index contributed by atoms with van der Waals surface area (Å²) in [7, 11) is 1.63. The molecule has 5 amide bonds. The molecule has 16 rings (SSSR count). The zero-order chi connectivity index (χ0) is 82.7. The lowest BCUT2D eigenvalue weighted by Gasteiger charge is -2.45. The van der Waals surface area contributed by atoms with Crippen molar-refractivity contribution >= 4 is 91.6 Å². The SMILES string of the molecule is CC(=O)NC[C@@H]1[NH2+]CCc2ccccc21.CC(=O)NC[C@@H]1[NH2+]CCc2ccccc21.COc1ccc2cc([C@H](C)C(=O)O)ccc2c1.NC[C@@H]1NCCc2ccccc21.O.O=C(C1CCCCC1)N1CC(=O)N2CCc3ccccc3[C@@H]2C1.O=C(Cl)C1CCCCC1.O=C(Cl)CCl.O=C(NC[C@@H]1NCCc2ccccc21)C1CCCCC1.[CH3-]. The highest BCUT2D eigenvalue weighted by atomic mass is 35.5. The first kappa shape index (κ1) is 96.5. The maximum Gasteiger partial charge on any atom is 0.310 e. The van der Waals surface area contributed by atoms with Gasteiger partial charge in [-0.1, -0.05) is 203 Å². The van der Waals surface area contributed by atoms with Crippen molar-refractivity contribution in [3.63, 3.8) is 0 Å². The molecule has 21 nitrogen and oxygen atoms in total. The van der Waals surface area contributed by atoms with Gasteiger partial charge in [0.2, 0.25) is 40.0 Å². The Morgan fingerprint density at radius 3 is 1.45 bits per heavy atom. The minimum absolute atomic E-state index is 0. The van der Waals surface area contributed by atoms with Crippen molar-refractivity contribution < 1.29 is 64.3 Å². The van der Waals surface area contributed by atoms with Crippen LogP contribution in [0.5, 0.6) is 5.75 Å². The lowest BCUT2D eigenvalue weighted by Crippen LogP contribution is -2.88. The van der Waals surface area contributed by atoms with E-state index in [9.17, 15) is 38.4 Å². The molecule has 118 heavy (non-hydrogen) atoms. The number of carboxylic acid groups (broad SMARTS) is 1. The van der Waals surface area contributed by atoms with Gasteiger partial charge >= 0.3 is 5.97 Å². The van der Waals surface area contributed by atoms with Gasteiger partial charge in [-0.3, -0.25) is 38.4 Å². The molecule has 24 heteroatoms. The lowest BCUT2D eigenvalue weighted by atomic mass is 9.87. The molecule has 6 atom stereocenters. The quantitative estimate of drug-likeness (QED) is 0.0278. The van der Waals surface area contributed by atoms with Gasteiger partial charge in [0.25, 0.3) is 0 Å². The summed E-state index contributed by atoms with van der Waals surface area (Å²) >= 11 is 14.9. The minimum atomic E-state index is -0.808. The van der Waals surface area contributed by atoms with E-state index in [1.807, 2.05) is 52.3 Å². The van der Waals surface area contributed by atoms with Crippen molar-refractivity contribution in [3.05, 3.63) is 226 Å². The molecule has 3 saturated carbocycles. The summed E-state index contributed by atoms with van der Waals surface area (Å²) in [5.41, 5.74) is 20.2. The maximum atomic E-state index is 12.8. The van der Waals surface area contributed by atoms with E-state index >= 15 is 0 Å². The Balaban J connectivity index is 0.000000190. The van der Waals surface area contributed by atoms with Gasteiger partial charge in [-0.2, -0.15) is 0 Å². The number of ether oxygens (including phenoxy) is 1. The first-order valence-electron chi connectivity index (χ1n) is 42.0. The summed E-state index contributed by atoms with van der Waals surface area (Å²) in [4.78, 5) is 94.1. The Bertz CT molecular complexity index is 4270.